The van der Waals surface area contributed by atoms with Crippen LogP contribution in [-0.4, -0.2) is 39.9 Å². The molecule has 0 spiro atoms. The number of nitrogens with one attached hydrogen (secondary N) is 1. The van der Waals surface area contributed by atoms with Crippen LogP contribution in [0.15, 0.2) is 12.1 Å². The standard InChI is InChI=1S/C16H25ClN2O2/c1-11(2)7-12-10-19(6-5-18-12)14-8-13(17)15(20-3)9-16(14)21-4/h8-9,11-12,18H,5-7,10H2,1-4H3. The fourth-order valence-electron chi connectivity index (χ4n) is 2.86. The van der Waals surface area contributed by atoms with E-state index in [2.05, 4.69) is 24.1 Å². The summed E-state index contributed by atoms with van der Waals surface area (Å²) < 4.78 is 10.8. The minimum absolute atomic E-state index is 0.504. The van der Waals surface area contributed by atoms with Gasteiger partial charge in [0, 0.05) is 31.7 Å². The van der Waals surface area contributed by atoms with Crippen molar-refractivity contribution in [2.24, 2.45) is 5.92 Å². The first-order valence-electron chi connectivity index (χ1n) is 7.45. The second-order valence-corrected chi connectivity index (χ2v) is 6.29. The molecule has 2 rings (SSSR count). The van der Waals surface area contributed by atoms with Crippen molar-refractivity contribution in [1.29, 1.82) is 0 Å². The summed E-state index contributed by atoms with van der Waals surface area (Å²) in [6.45, 7) is 7.41. The summed E-state index contributed by atoms with van der Waals surface area (Å²) in [7, 11) is 3.30. The van der Waals surface area contributed by atoms with Crippen LogP contribution in [0, 0.1) is 5.92 Å². The van der Waals surface area contributed by atoms with E-state index < -0.39 is 0 Å². The predicted molar refractivity (Wildman–Crippen MR) is 88.0 cm³/mol. The molecular weight excluding hydrogens is 288 g/mol. The average molecular weight is 313 g/mol. The molecule has 0 radical (unpaired) electrons. The van der Waals surface area contributed by atoms with Gasteiger partial charge in [0.15, 0.2) is 0 Å². The van der Waals surface area contributed by atoms with E-state index in [-0.39, 0.29) is 0 Å². The summed E-state index contributed by atoms with van der Waals surface area (Å²) in [5.74, 6) is 2.14. The first-order valence-corrected chi connectivity index (χ1v) is 7.82. The van der Waals surface area contributed by atoms with Gasteiger partial charge in [0.1, 0.15) is 11.5 Å². The molecule has 5 heteroatoms. The summed E-state index contributed by atoms with van der Waals surface area (Å²) >= 11 is 6.28. The highest BCUT2D eigenvalue weighted by molar-refractivity contribution is 6.32. The average Bonchev–Trinajstić information content (AvgIpc) is 2.46. The Balaban J connectivity index is 2.22. The van der Waals surface area contributed by atoms with Crippen LogP contribution in [0.1, 0.15) is 20.3 Å². The lowest BCUT2D eigenvalue weighted by molar-refractivity contribution is 0.377. The molecule has 1 aliphatic heterocycles. The number of halogens is 1. The van der Waals surface area contributed by atoms with Crippen LogP contribution in [0.3, 0.4) is 0 Å². The van der Waals surface area contributed by atoms with Gasteiger partial charge in [-0.25, -0.2) is 0 Å². The van der Waals surface area contributed by atoms with Crippen molar-refractivity contribution < 1.29 is 9.47 Å². The predicted octanol–water partition coefficient (Wildman–Crippen LogP) is 3.18. The van der Waals surface area contributed by atoms with Crippen LogP contribution >= 0.6 is 11.6 Å². The Hall–Kier alpha value is -1.13. The summed E-state index contributed by atoms with van der Waals surface area (Å²) in [5, 5.41) is 4.20. The third-order valence-electron chi connectivity index (χ3n) is 3.81. The van der Waals surface area contributed by atoms with Gasteiger partial charge in [0.05, 0.1) is 24.9 Å². The zero-order chi connectivity index (χ0) is 15.4. The maximum Gasteiger partial charge on any atom is 0.145 e. The molecule has 1 fully saturated rings. The van der Waals surface area contributed by atoms with E-state index in [0.717, 1.165) is 31.1 Å². The van der Waals surface area contributed by atoms with Gasteiger partial charge >= 0.3 is 0 Å². The Morgan fingerprint density at radius 3 is 2.62 bits per heavy atom. The molecule has 1 aliphatic rings. The highest BCUT2D eigenvalue weighted by atomic mass is 35.5. The highest BCUT2D eigenvalue weighted by Crippen LogP contribution is 2.38. The molecule has 0 aromatic heterocycles. The number of piperazine rings is 1. The Bertz CT molecular complexity index is 480. The van der Waals surface area contributed by atoms with Crippen molar-refractivity contribution >= 4 is 17.3 Å². The van der Waals surface area contributed by atoms with Crippen LogP contribution < -0.4 is 19.7 Å². The number of hydrogen-bond acceptors (Lipinski definition) is 4. The third kappa shape index (κ3) is 3.95. The first kappa shape index (κ1) is 16.2. The van der Waals surface area contributed by atoms with Gasteiger partial charge in [0.25, 0.3) is 0 Å². The molecule has 1 saturated heterocycles. The molecule has 0 aliphatic carbocycles. The van der Waals surface area contributed by atoms with E-state index >= 15 is 0 Å². The first-order chi connectivity index (χ1) is 10.0. The van der Waals surface area contributed by atoms with Crippen LogP contribution in [0.25, 0.3) is 0 Å². The van der Waals surface area contributed by atoms with E-state index in [1.54, 1.807) is 14.2 Å². The van der Waals surface area contributed by atoms with E-state index in [1.807, 2.05) is 12.1 Å². The zero-order valence-corrected chi connectivity index (χ0v) is 14.0. The van der Waals surface area contributed by atoms with Gasteiger partial charge in [-0.1, -0.05) is 25.4 Å². The van der Waals surface area contributed by atoms with Crippen molar-refractivity contribution in [1.82, 2.24) is 5.32 Å². The second-order valence-electron chi connectivity index (χ2n) is 5.89. The Labute approximate surface area is 132 Å². The van der Waals surface area contributed by atoms with Gasteiger partial charge in [-0.3, -0.25) is 0 Å². The van der Waals surface area contributed by atoms with E-state index in [4.69, 9.17) is 21.1 Å². The van der Waals surface area contributed by atoms with Gasteiger partial charge in [0.2, 0.25) is 0 Å². The topological polar surface area (TPSA) is 33.7 Å². The van der Waals surface area contributed by atoms with Gasteiger partial charge in [-0.15, -0.1) is 0 Å². The fourth-order valence-corrected chi connectivity index (χ4v) is 3.10. The second kappa shape index (κ2) is 7.23. The maximum absolute atomic E-state index is 6.28. The third-order valence-corrected chi connectivity index (χ3v) is 4.10. The lowest BCUT2D eigenvalue weighted by atomic mass is 10.0. The molecule has 4 nitrogen and oxygen atoms in total. The smallest absolute Gasteiger partial charge is 0.145 e. The molecule has 0 saturated carbocycles. The van der Waals surface area contributed by atoms with Crippen LogP contribution in [-0.2, 0) is 0 Å². The Morgan fingerprint density at radius 1 is 1.29 bits per heavy atom. The monoisotopic (exact) mass is 312 g/mol. The number of ether oxygens (including phenoxy) is 2. The number of rotatable bonds is 5. The lowest BCUT2D eigenvalue weighted by Crippen LogP contribution is -2.51. The molecule has 118 valence electrons. The van der Waals surface area contributed by atoms with Gasteiger partial charge in [-0.2, -0.15) is 0 Å². The summed E-state index contributed by atoms with van der Waals surface area (Å²) in [6, 6.07) is 4.30. The van der Waals surface area contributed by atoms with Crippen molar-refractivity contribution in [3.63, 3.8) is 0 Å². The van der Waals surface area contributed by atoms with Crippen molar-refractivity contribution in [2.75, 3.05) is 38.8 Å². The molecular formula is C16H25ClN2O2. The van der Waals surface area contributed by atoms with Crippen LogP contribution in [0.5, 0.6) is 11.5 Å². The SMILES string of the molecule is COc1cc(OC)c(N2CCNC(CC(C)C)C2)cc1Cl. The van der Waals surface area contributed by atoms with Crippen molar-refractivity contribution in [3.8, 4) is 11.5 Å². The van der Waals surface area contributed by atoms with Gasteiger partial charge < -0.3 is 19.7 Å². The molecule has 1 heterocycles. The summed E-state index contributed by atoms with van der Waals surface area (Å²) in [4.78, 5) is 2.34. The van der Waals surface area contributed by atoms with E-state index in [9.17, 15) is 0 Å². The highest BCUT2D eigenvalue weighted by Gasteiger charge is 2.23. The molecule has 1 aromatic rings. The molecule has 21 heavy (non-hydrogen) atoms. The van der Waals surface area contributed by atoms with E-state index in [0.29, 0.717) is 22.7 Å². The molecule has 0 amide bonds. The normalized spacial score (nSPS) is 19.0. The fraction of sp³-hybridized carbons (Fsp3) is 0.625. The number of methoxy groups -OCH3 is 2. The minimum Gasteiger partial charge on any atom is -0.495 e. The number of anilines is 1. The maximum atomic E-state index is 6.28. The van der Waals surface area contributed by atoms with Crippen molar-refractivity contribution in [3.05, 3.63) is 17.2 Å². The molecule has 1 N–H and O–H groups in total. The zero-order valence-electron chi connectivity index (χ0n) is 13.3. The van der Waals surface area contributed by atoms with Gasteiger partial charge in [-0.05, 0) is 18.4 Å². The molecule has 1 unspecified atom stereocenters. The Kier molecular flexibility index (Phi) is 5.59. The summed E-state index contributed by atoms with van der Waals surface area (Å²) in [6.07, 6.45) is 1.17. The van der Waals surface area contributed by atoms with Crippen LogP contribution in [0.2, 0.25) is 5.02 Å². The molecule has 1 atom stereocenters. The number of hydrogen-bond donors (Lipinski definition) is 1. The van der Waals surface area contributed by atoms with E-state index in [1.165, 1.54) is 6.42 Å². The largest absolute Gasteiger partial charge is 0.495 e. The Morgan fingerprint density at radius 2 is 2.00 bits per heavy atom. The number of benzene rings is 1. The quantitative estimate of drug-likeness (QED) is 0.905. The molecule has 0 bridgehead atoms. The minimum atomic E-state index is 0.504. The molecule has 1 aromatic carbocycles. The lowest BCUT2D eigenvalue weighted by Gasteiger charge is -2.36. The van der Waals surface area contributed by atoms with Crippen LogP contribution in [0.4, 0.5) is 5.69 Å². The van der Waals surface area contributed by atoms with Crippen molar-refractivity contribution in [2.45, 2.75) is 26.3 Å². The number of nitrogens with zero attached hydrogens (tertiary/aromatic N) is 1. The summed E-state index contributed by atoms with van der Waals surface area (Å²) in [5.41, 5.74) is 1.04.